The van der Waals surface area contributed by atoms with Crippen molar-refractivity contribution in [3.63, 3.8) is 0 Å². The summed E-state index contributed by atoms with van der Waals surface area (Å²) >= 11 is 2.28. The summed E-state index contributed by atoms with van der Waals surface area (Å²) in [7, 11) is 0. The fraction of sp³-hybridized carbons (Fsp3) is 1.00. The van der Waals surface area contributed by atoms with Gasteiger partial charge in [0.25, 0.3) is 0 Å². The predicted octanol–water partition coefficient (Wildman–Crippen LogP) is 1.90. The van der Waals surface area contributed by atoms with Crippen LogP contribution in [0.1, 0.15) is 13.8 Å². The highest BCUT2D eigenvalue weighted by Crippen LogP contribution is 1.88. The molecule has 4 nitrogen and oxygen atoms in total. The van der Waals surface area contributed by atoms with Gasteiger partial charge < -0.3 is 18.9 Å². The maximum Gasteiger partial charge on any atom is 0.0703 e. The van der Waals surface area contributed by atoms with E-state index in [1.165, 1.54) is 0 Å². The molecule has 0 aromatic rings. The van der Waals surface area contributed by atoms with E-state index in [-0.39, 0.29) is 6.10 Å². The average Bonchev–Trinajstić information content (AvgIpc) is 2.25. The number of hydrogen-bond donors (Lipinski definition) is 0. The van der Waals surface area contributed by atoms with Crippen LogP contribution in [-0.2, 0) is 18.9 Å². The van der Waals surface area contributed by atoms with Gasteiger partial charge in [0.1, 0.15) is 0 Å². The van der Waals surface area contributed by atoms with Gasteiger partial charge in [-0.05, 0) is 13.8 Å². The number of hydrogen-bond acceptors (Lipinski definition) is 4. The second-order valence-electron chi connectivity index (χ2n) is 3.45. The van der Waals surface area contributed by atoms with Gasteiger partial charge in [-0.15, -0.1) is 0 Å². The number of ether oxygens (including phenoxy) is 4. The van der Waals surface area contributed by atoms with Crippen LogP contribution in [0.15, 0.2) is 0 Å². The van der Waals surface area contributed by atoms with Crippen molar-refractivity contribution in [1.82, 2.24) is 0 Å². The summed E-state index contributed by atoms with van der Waals surface area (Å²) in [5, 5.41) is 0. The van der Waals surface area contributed by atoms with Crippen molar-refractivity contribution < 1.29 is 18.9 Å². The van der Waals surface area contributed by atoms with E-state index < -0.39 is 0 Å². The lowest BCUT2D eigenvalue weighted by Gasteiger charge is -2.08. The summed E-state index contributed by atoms with van der Waals surface area (Å²) in [6.45, 7) is 8.65. The maximum atomic E-state index is 5.33. The first-order valence-corrected chi connectivity index (χ1v) is 7.20. The molecule has 5 heteroatoms. The summed E-state index contributed by atoms with van der Waals surface area (Å²) in [5.41, 5.74) is 0. The molecule has 0 amide bonds. The lowest BCUT2D eigenvalue weighted by Crippen LogP contribution is -2.13. The summed E-state index contributed by atoms with van der Waals surface area (Å²) in [4.78, 5) is 0. The normalized spacial score (nSPS) is 11.2. The first kappa shape index (κ1) is 16.6. The van der Waals surface area contributed by atoms with Crippen LogP contribution in [0.2, 0.25) is 0 Å². The monoisotopic (exact) mass is 346 g/mol. The van der Waals surface area contributed by atoms with Crippen molar-refractivity contribution in [2.75, 3.05) is 50.7 Å². The molecule has 0 aliphatic heterocycles. The van der Waals surface area contributed by atoms with Crippen molar-refractivity contribution in [3.8, 4) is 0 Å². The summed E-state index contributed by atoms with van der Waals surface area (Å²) in [6.07, 6.45) is 0.273. The van der Waals surface area contributed by atoms with E-state index in [0.717, 1.165) is 11.0 Å². The molecule has 0 radical (unpaired) electrons. The van der Waals surface area contributed by atoms with Crippen LogP contribution in [0.4, 0.5) is 0 Å². The molecule has 0 atom stereocenters. The van der Waals surface area contributed by atoms with Crippen LogP contribution in [0.3, 0.4) is 0 Å². The molecule has 0 aromatic heterocycles. The highest BCUT2D eigenvalue weighted by atomic mass is 127. The third-order valence-electron chi connectivity index (χ3n) is 1.64. The van der Waals surface area contributed by atoms with E-state index in [2.05, 4.69) is 22.6 Å². The second kappa shape index (κ2) is 13.6. The molecule has 0 spiro atoms. The van der Waals surface area contributed by atoms with Gasteiger partial charge in [0.15, 0.2) is 0 Å². The molecule has 0 N–H and O–H groups in total. The molecule has 0 saturated carbocycles. The lowest BCUT2D eigenvalue weighted by atomic mass is 10.5. The highest BCUT2D eigenvalue weighted by Gasteiger charge is 1.93. The van der Waals surface area contributed by atoms with E-state index in [1.54, 1.807) is 0 Å². The fourth-order valence-corrected chi connectivity index (χ4v) is 1.25. The molecule has 0 fully saturated rings. The first-order chi connectivity index (χ1) is 7.77. The fourth-order valence-electron chi connectivity index (χ4n) is 0.939. The van der Waals surface area contributed by atoms with Gasteiger partial charge in [-0.1, -0.05) is 22.6 Å². The molecule has 98 valence electrons. The van der Waals surface area contributed by atoms with E-state index in [0.29, 0.717) is 39.6 Å². The van der Waals surface area contributed by atoms with E-state index >= 15 is 0 Å². The molecular formula is C11H23IO4. The van der Waals surface area contributed by atoms with Crippen molar-refractivity contribution >= 4 is 22.6 Å². The van der Waals surface area contributed by atoms with Crippen LogP contribution in [0.25, 0.3) is 0 Å². The van der Waals surface area contributed by atoms with Crippen molar-refractivity contribution in [2.24, 2.45) is 0 Å². The molecular weight excluding hydrogens is 323 g/mol. The average molecular weight is 346 g/mol. The molecule has 0 heterocycles. The summed E-state index contributed by atoms with van der Waals surface area (Å²) < 4.78 is 22.2. The molecule has 0 aromatic carbocycles. The first-order valence-electron chi connectivity index (χ1n) is 5.68. The molecule has 0 aliphatic rings. The molecule has 16 heavy (non-hydrogen) atoms. The van der Waals surface area contributed by atoms with E-state index in [4.69, 9.17) is 18.9 Å². The minimum absolute atomic E-state index is 0.273. The van der Waals surface area contributed by atoms with Gasteiger partial charge in [0.05, 0.1) is 52.4 Å². The smallest absolute Gasteiger partial charge is 0.0703 e. The Hall–Kier alpha value is 0.570. The van der Waals surface area contributed by atoms with E-state index in [9.17, 15) is 0 Å². The summed E-state index contributed by atoms with van der Waals surface area (Å²) in [6, 6.07) is 0. The van der Waals surface area contributed by atoms with Crippen LogP contribution in [0.5, 0.6) is 0 Å². The maximum absolute atomic E-state index is 5.33. The van der Waals surface area contributed by atoms with Gasteiger partial charge in [-0.25, -0.2) is 0 Å². The largest absolute Gasteiger partial charge is 0.378 e. The standard InChI is InChI=1S/C11H23IO4/c1-11(2)16-10-9-15-8-7-14-6-5-13-4-3-12/h11H,3-10H2,1-2H3. The molecule has 0 aliphatic carbocycles. The number of halogens is 1. The molecule has 0 unspecified atom stereocenters. The third kappa shape index (κ3) is 14.6. The highest BCUT2D eigenvalue weighted by molar-refractivity contribution is 14.1. The Morgan fingerprint density at radius 3 is 1.62 bits per heavy atom. The molecule has 0 saturated heterocycles. The van der Waals surface area contributed by atoms with Gasteiger partial charge in [0, 0.05) is 4.43 Å². The minimum Gasteiger partial charge on any atom is -0.378 e. The molecule has 0 bridgehead atoms. The zero-order valence-corrected chi connectivity index (χ0v) is 12.4. The topological polar surface area (TPSA) is 36.9 Å². The zero-order valence-electron chi connectivity index (χ0n) is 10.2. The van der Waals surface area contributed by atoms with Crippen molar-refractivity contribution in [3.05, 3.63) is 0 Å². The Labute approximate surface area is 112 Å². The predicted molar refractivity (Wildman–Crippen MR) is 72.4 cm³/mol. The Morgan fingerprint density at radius 1 is 0.750 bits per heavy atom. The second-order valence-corrected chi connectivity index (χ2v) is 4.52. The number of rotatable bonds is 12. The Kier molecular flexibility index (Phi) is 14.1. The number of alkyl halides is 1. The van der Waals surface area contributed by atoms with E-state index in [1.807, 2.05) is 13.8 Å². The van der Waals surface area contributed by atoms with Crippen LogP contribution in [-0.4, -0.2) is 56.8 Å². The SMILES string of the molecule is CC(C)OCCOCCOCCOCCI. The van der Waals surface area contributed by atoms with Crippen LogP contribution < -0.4 is 0 Å². The lowest BCUT2D eigenvalue weighted by molar-refractivity contribution is -0.0106. The Balaban J connectivity index is 2.88. The van der Waals surface area contributed by atoms with Gasteiger partial charge >= 0.3 is 0 Å². The van der Waals surface area contributed by atoms with Gasteiger partial charge in [-0.3, -0.25) is 0 Å². The minimum atomic E-state index is 0.273. The third-order valence-corrected chi connectivity index (χ3v) is 2.08. The quantitative estimate of drug-likeness (QED) is 0.307. The Bertz CT molecular complexity index is 133. The van der Waals surface area contributed by atoms with Crippen molar-refractivity contribution in [2.45, 2.75) is 20.0 Å². The van der Waals surface area contributed by atoms with Crippen LogP contribution >= 0.6 is 22.6 Å². The zero-order chi connectivity index (χ0) is 12.1. The van der Waals surface area contributed by atoms with Crippen LogP contribution in [0, 0.1) is 0 Å². The molecule has 0 rings (SSSR count). The van der Waals surface area contributed by atoms with Gasteiger partial charge in [-0.2, -0.15) is 0 Å². The van der Waals surface area contributed by atoms with Gasteiger partial charge in [0.2, 0.25) is 0 Å². The Morgan fingerprint density at radius 2 is 1.19 bits per heavy atom. The summed E-state index contributed by atoms with van der Waals surface area (Å²) in [5.74, 6) is 0. The van der Waals surface area contributed by atoms with Crippen molar-refractivity contribution in [1.29, 1.82) is 0 Å².